The number of hydrogen-bond donors (Lipinski definition) is 2. The van der Waals surface area contributed by atoms with Gasteiger partial charge in [-0.1, -0.05) is 23.9 Å². The quantitative estimate of drug-likeness (QED) is 0.816. The fourth-order valence-corrected chi connectivity index (χ4v) is 3.35. The molecule has 2 amide bonds. The van der Waals surface area contributed by atoms with E-state index in [1.807, 2.05) is 24.3 Å². The van der Waals surface area contributed by atoms with Gasteiger partial charge in [0.05, 0.1) is 11.8 Å². The van der Waals surface area contributed by atoms with E-state index in [-0.39, 0.29) is 18.4 Å². The number of nitrogens with zero attached hydrogens (tertiary/aromatic N) is 1. The summed E-state index contributed by atoms with van der Waals surface area (Å²) in [6.07, 6.45) is -0.642. The second-order valence-corrected chi connectivity index (χ2v) is 6.49. The van der Waals surface area contributed by atoms with Crippen molar-refractivity contribution in [2.45, 2.75) is 29.6 Å². The average Bonchev–Trinajstić information content (AvgIpc) is 2.42. The molecule has 0 fully saturated rings. The molecule has 1 aliphatic heterocycles. The van der Waals surface area contributed by atoms with Gasteiger partial charge in [0, 0.05) is 18.5 Å². The van der Waals surface area contributed by atoms with E-state index in [0.29, 0.717) is 0 Å². The third-order valence-electron chi connectivity index (χ3n) is 3.24. The number of anilines is 1. The van der Waals surface area contributed by atoms with Crippen LogP contribution in [0, 0.1) is 0 Å². The summed E-state index contributed by atoms with van der Waals surface area (Å²) in [5.74, 6) is -0.640. The van der Waals surface area contributed by atoms with Gasteiger partial charge in [-0.25, -0.2) is 0 Å². The van der Waals surface area contributed by atoms with Crippen LogP contribution in [0.3, 0.4) is 0 Å². The molecule has 1 aliphatic rings. The van der Waals surface area contributed by atoms with Crippen LogP contribution in [0.25, 0.3) is 0 Å². The number of nitrogens with one attached hydrogen (secondary N) is 1. The molecular weight excluding hydrogens is 276 g/mol. The molecular formula is C14H18N2O3S. The zero-order valence-corrected chi connectivity index (χ0v) is 12.5. The molecule has 0 saturated carbocycles. The largest absolute Gasteiger partial charge is 0.392 e. The van der Waals surface area contributed by atoms with Crippen molar-refractivity contribution in [3.8, 4) is 0 Å². The Bertz CT molecular complexity index is 547. The molecule has 2 atom stereocenters. The summed E-state index contributed by atoms with van der Waals surface area (Å²) in [5, 5.41) is 11.9. The van der Waals surface area contributed by atoms with Crippen molar-refractivity contribution in [1.82, 2.24) is 5.32 Å². The Balaban J connectivity index is 2.29. The number of aliphatic hydroxyl groups is 1. The van der Waals surface area contributed by atoms with Gasteiger partial charge in [-0.15, -0.1) is 0 Å². The Hall–Kier alpha value is -1.53. The van der Waals surface area contributed by atoms with Crippen LogP contribution < -0.4 is 10.2 Å². The van der Waals surface area contributed by atoms with Crippen LogP contribution in [-0.4, -0.2) is 41.4 Å². The molecule has 1 heterocycles. The summed E-state index contributed by atoms with van der Waals surface area (Å²) in [5.41, 5.74) is 0.809. The highest BCUT2D eigenvalue weighted by Gasteiger charge is 2.48. The van der Waals surface area contributed by atoms with E-state index in [2.05, 4.69) is 5.32 Å². The van der Waals surface area contributed by atoms with Crippen LogP contribution in [0.5, 0.6) is 0 Å². The molecule has 0 spiro atoms. The van der Waals surface area contributed by atoms with E-state index >= 15 is 0 Å². The van der Waals surface area contributed by atoms with E-state index in [0.717, 1.165) is 10.6 Å². The summed E-state index contributed by atoms with van der Waals surface area (Å²) in [7, 11) is 1.67. The maximum absolute atomic E-state index is 12.5. The van der Waals surface area contributed by atoms with Gasteiger partial charge in [-0.2, -0.15) is 0 Å². The molecule has 5 nitrogen and oxygen atoms in total. The fraction of sp³-hybridized carbons (Fsp3) is 0.429. The Labute approximate surface area is 122 Å². The van der Waals surface area contributed by atoms with Crippen molar-refractivity contribution in [2.75, 3.05) is 18.5 Å². The number of amides is 2. The van der Waals surface area contributed by atoms with Crippen LogP contribution in [0.15, 0.2) is 29.2 Å². The van der Waals surface area contributed by atoms with Gasteiger partial charge < -0.3 is 15.3 Å². The third-order valence-corrected chi connectivity index (χ3v) is 4.58. The van der Waals surface area contributed by atoms with E-state index in [9.17, 15) is 14.7 Å². The Morgan fingerprint density at radius 3 is 2.80 bits per heavy atom. The predicted octanol–water partition coefficient (Wildman–Crippen LogP) is 1.01. The van der Waals surface area contributed by atoms with E-state index in [1.54, 1.807) is 20.9 Å². The highest BCUT2D eigenvalue weighted by molar-refractivity contribution is 8.02. The monoisotopic (exact) mass is 294 g/mol. The second-order valence-electron chi connectivity index (χ2n) is 5.03. The number of aliphatic hydroxyl groups excluding tert-OH is 1. The zero-order valence-electron chi connectivity index (χ0n) is 11.7. The first-order chi connectivity index (χ1) is 9.36. The highest BCUT2D eigenvalue weighted by Crippen LogP contribution is 2.44. The van der Waals surface area contributed by atoms with Crippen LogP contribution in [0.4, 0.5) is 5.69 Å². The molecule has 0 radical (unpaired) electrons. The van der Waals surface area contributed by atoms with E-state index < -0.39 is 10.9 Å². The number of thioether (sulfide) groups is 1. The van der Waals surface area contributed by atoms with Gasteiger partial charge in [0.25, 0.3) is 5.91 Å². The lowest BCUT2D eigenvalue weighted by molar-refractivity contribution is -0.131. The van der Waals surface area contributed by atoms with Crippen molar-refractivity contribution in [3.05, 3.63) is 24.3 Å². The summed E-state index contributed by atoms with van der Waals surface area (Å²) >= 11 is 1.25. The van der Waals surface area contributed by atoms with E-state index in [4.69, 9.17) is 0 Å². The normalized spacial score (nSPS) is 23.2. The van der Waals surface area contributed by atoms with Crippen molar-refractivity contribution in [1.29, 1.82) is 0 Å². The van der Waals surface area contributed by atoms with Crippen molar-refractivity contribution in [2.24, 2.45) is 0 Å². The number of carbonyl (C=O) groups excluding carboxylic acids is 2. The Morgan fingerprint density at radius 2 is 2.15 bits per heavy atom. The lowest BCUT2D eigenvalue weighted by Gasteiger charge is -2.37. The Morgan fingerprint density at radius 1 is 1.50 bits per heavy atom. The molecule has 2 rings (SSSR count). The van der Waals surface area contributed by atoms with Crippen molar-refractivity contribution < 1.29 is 14.7 Å². The predicted molar refractivity (Wildman–Crippen MR) is 78.8 cm³/mol. The highest BCUT2D eigenvalue weighted by atomic mass is 32.2. The summed E-state index contributed by atoms with van der Waals surface area (Å²) in [4.78, 5) is 27.2. The maximum atomic E-state index is 12.5. The molecule has 0 saturated heterocycles. The SMILES string of the molecule is CC(O)CNC(=O)C1(C)Sc2ccccc2N(C)C1=O. The average molecular weight is 294 g/mol. The smallest absolute Gasteiger partial charge is 0.252 e. The Kier molecular flexibility index (Phi) is 4.06. The molecule has 1 aromatic carbocycles. The first-order valence-electron chi connectivity index (χ1n) is 6.39. The minimum absolute atomic E-state index is 0.133. The molecule has 2 N–H and O–H groups in total. The minimum atomic E-state index is -1.21. The molecule has 1 aromatic rings. The molecule has 108 valence electrons. The minimum Gasteiger partial charge on any atom is -0.392 e. The molecule has 0 bridgehead atoms. The lowest BCUT2D eigenvalue weighted by atomic mass is 10.1. The third kappa shape index (κ3) is 2.53. The zero-order chi connectivity index (χ0) is 14.9. The van der Waals surface area contributed by atoms with Gasteiger partial charge in [0.1, 0.15) is 0 Å². The second kappa shape index (κ2) is 5.46. The lowest BCUT2D eigenvalue weighted by Crippen LogP contribution is -2.56. The summed E-state index contributed by atoms with van der Waals surface area (Å²) < 4.78 is -1.21. The summed E-state index contributed by atoms with van der Waals surface area (Å²) in [6.45, 7) is 3.33. The van der Waals surface area contributed by atoms with Gasteiger partial charge >= 0.3 is 0 Å². The topological polar surface area (TPSA) is 69.6 Å². The van der Waals surface area contributed by atoms with Crippen LogP contribution in [0.1, 0.15) is 13.8 Å². The maximum Gasteiger partial charge on any atom is 0.252 e. The number of carbonyl (C=O) groups is 2. The van der Waals surface area contributed by atoms with Crippen LogP contribution in [-0.2, 0) is 9.59 Å². The first-order valence-corrected chi connectivity index (χ1v) is 7.20. The van der Waals surface area contributed by atoms with Gasteiger partial charge in [-0.05, 0) is 26.0 Å². The number of hydrogen-bond acceptors (Lipinski definition) is 4. The molecule has 6 heteroatoms. The molecule has 0 aromatic heterocycles. The number of fused-ring (bicyclic) bond motifs is 1. The first kappa shape index (κ1) is 14.9. The number of benzene rings is 1. The van der Waals surface area contributed by atoms with Crippen LogP contribution >= 0.6 is 11.8 Å². The molecule has 2 unspecified atom stereocenters. The van der Waals surface area contributed by atoms with Crippen LogP contribution in [0.2, 0.25) is 0 Å². The molecule has 0 aliphatic carbocycles. The van der Waals surface area contributed by atoms with E-state index in [1.165, 1.54) is 16.7 Å². The van der Waals surface area contributed by atoms with Gasteiger partial charge in [0.15, 0.2) is 4.75 Å². The van der Waals surface area contributed by atoms with Gasteiger partial charge in [-0.3, -0.25) is 9.59 Å². The van der Waals surface area contributed by atoms with Crippen molar-refractivity contribution >= 4 is 29.3 Å². The fourth-order valence-electron chi connectivity index (χ4n) is 2.07. The van der Waals surface area contributed by atoms with Gasteiger partial charge in [0.2, 0.25) is 5.91 Å². The number of para-hydroxylation sites is 1. The summed E-state index contributed by atoms with van der Waals surface area (Å²) in [6, 6.07) is 7.49. The molecule has 20 heavy (non-hydrogen) atoms. The number of rotatable bonds is 3. The van der Waals surface area contributed by atoms with Crippen molar-refractivity contribution in [3.63, 3.8) is 0 Å². The standard InChI is InChI=1S/C14H18N2O3S/c1-9(17)8-15-12(18)14(2)13(19)16(3)10-6-4-5-7-11(10)20-14/h4-7,9,17H,8H2,1-3H3,(H,15,18).